The summed E-state index contributed by atoms with van der Waals surface area (Å²) in [6, 6.07) is 0.101. The first-order valence-electron chi connectivity index (χ1n) is 5.14. The molecule has 5 nitrogen and oxygen atoms in total. The number of nitrogens with zero attached hydrogens (tertiary/aromatic N) is 3. The molecule has 1 aromatic rings. The molecule has 1 unspecified atom stereocenters. The molecule has 2 rings (SSSR count). The molecule has 82 valence electrons. The second-order valence-electron chi connectivity index (χ2n) is 3.93. The average molecular weight is 209 g/mol. The van der Waals surface area contributed by atoms with Gasteiger partial charge in [0.25, 0.3) is 0 Å². The van der Waals surface area contributed by atoms with Crippen LogP contribution >= 0.6 is 0 Å². The van der Waals surface area contributed by atoms with E-state index in [0.717, 1.165) is 25.1 Å². The summed E-state index contributed by atoms with van der Waals surface area (Å²) in [5, 5.41) is 8.98. The Bertz CT molecular complexity index is 361. The van der Waals surface area contributed by atoms with Crippen LogP contribution in [-0.2, 0) is 13.5 Å². The molecule has 1 aliphatic heterocycles. The molecule has 1 atom stereocenters. The van der Waals surface area contributed by atoms with Crippen LogP contribution in [0.2, 0.25) is 0 Å². The molecule has 0 saturated carbocycles. The molecule has 0 bridgehead atoms. The van der Waals surface area contributed by atoms with Crippen molar-refractivity contribution in [2.45, 2.75) is 25.3 Å². The number of aromatic nitrogens is 2. The number of amides is 1. The predicted octanol–water partition coefficient (Wildman–Crippen LogP) is 1.10. The van der Waals surface area contributed by atoms with Gasteiger partial charge in [-0.05, 0) is 12.8 Å². The number of hydrogen-bond acceptors (Lipinski definition) is 2. The van der Waals surface area contributed by atoms with E-state index in [2.05, 4.69) is 4.98 Å². The van der Waals surface area contributed by atoms with Crippen LogP contribution in [0.5, 0.6) is 0 Å². The number of rotatable bonds is 2. The van der Waals surface area contributed by atoms with Gasteiger partial charge in [0.15, 0.2) is 0 Å². The minimum absolute atomic E-state index is 0.101. The van der Waals surface area contributed by atoms with Crippen molar-refractivity contribution in [3.05, 3.63) is 18.2 Å². The van der Waals surface area contributed by atoms with Crippen molar-refractivity contribution in [3.8, 4) is 0 Å². The molecule has 1 fully saturated rings. The number of likely N-dealkylation sites (tertiary alicyclic amines) is 1. The molecule has 0 spiro atoms. The highest BCUT2D eigenvalue weighted by molar-refractivity contribution is 5.65. The van der Waals surface area contributed by atoms with E-state index in [0.29, 0.717) is 6.54 Å². The van der Waals surface area contributed by atoms with Gasteiger partial charge in [-0.25, -0.2) is 9.78 Å². The fraction of sp³-hybridized carbons (Fsp3) is 0.600. The third-order valence-electron chi connectivity index (χ3n) is 2.96. The SMILES string of the molecule is Cn1ccnc1CC1CCCN1C(=O)O. The van der Waals surface area contributed by atoms with Gasteiger partial charge in [-0.2, -0.15) is 0 Å². The summed E-state index contributed by atoms with van der Waals surface area (Å²) in [7, 11) is 1.93. The lowest BCUT2D eigenvalue weighted by atomic mass is 10.1. The van der Waals surface area contributed by atoms with Crippen molar-refractivity contribution in [3.63, 3.8) is 0 Å². The first kappa shape index (κ1) is 10.0. The Morgan fingerprint density at radius 1 is 1.73 bits per heavy atom. The van der Waals surface area contributed by atoms with Gasteiger partial charge in [0, 0.05) is 38.4 Å². The second kappa shape index (κ2) is 3.92. The van der Waals surface area contributed by atoms with E-state index in [9.17, 15) is 4.79 Å². The fourth-order valence-electron chi connectivity index (χ4n) is 2.10. The molecule has 0 aliphatic carbocycles. The third kappa shape index (κ3) is 1.95. The van der Waals surface area contributed by atoms with Gasteiger partial charge < -0.3 is 14.6 Å². The van der Waals surface area contributed by atoms with E-state index in [1.54, 1.807) is 6.20 Å². The van der Waals surface area contributed by atoms with E-state index >= 15 is 0 Å². The first-order chi connectivity index (χ1) is 7.18. The maximum Gasteiger partial charge on any atom is 0.407 e. The molecule has 5 heteroatoms. The standard InChI is InChI=1S/C10H15N3O2/c1-12-6-4-11-9(12)7-8-3-2-5-13(8)10(14)15/h4,6,8H,2-3,5,7H2,1H3,(H,14,15). The number of carboxylic acid groups (broad SMARTS) is 1. The summed E-state index contributed by atoms with van der Waals surface area (Å²) in [5.41, 5.74) is 0. The van der Waals surface area contributed by atoms with Crippen molar-refractivity contribution >= 4 is 6.09 Å². The van der Waals surface area contributed by atoms with Gasteiger partial charge >= 0.3 is 6.09 Å². The summed E-state index contributed by atoms with van der Waals surface area (Å²) in [5.74, 6) is 0.952. The molecular formula is C10H15N3O2. The van der Waals surface area contributed by atoms with Crippen molar-refractivity contribution in [2.24, 2.45) is 7.05 Å². The Morgan fingerprint density at radius 3 is 3.13 bits per heavy atom. The van der Waals surface area contributed by atoms with Gasteiger partial charge in [-0.1, -0.05) is 0 Å². The lowest BCUT2D eigenvalue weighted by Crippen LogP contribution is -2.36. The van der Waals surface area contributed by atoms with E-state index in [1.165, 1.54) is 4.90 Å². The highest BCUT2D eigenvalue weighted by Gasteiger charge is 2.29. The van der Waals surface area contributed by atoms with Crippen molar-refractivity contribution in [1.29, 1.82) is 0 Å². The summed E-state index contributed by atoms with van der Waals surface area (Å²) in [6.07, 6.45) is 5.44. The van der Waals surface area contributed by atoms with Crippen molar-refractivity contribution < 1.29 is 9.90 Å². The zero-order valence-corrected chi connectivity index (χ0v) is 8.76. The van der Waals surface area contributed by atoms with E-state index in [1.807, 2.05) is 17.8 Å². The van der Waals surface area contributed by atoms with Gasteiger partial charge in [-0.15, -0.1) is 0 Å². The monoisotopic (exact) mass is 209 g/mol. The highest BCUT2D eigenvalue weighted by Crippen LogP contribution is 2.20. The lowest BCUT2D eigenvalue weighted by molar-refractivity contribution is 0.139. The Labute approximate surface area is 88.3 Å². The van der Waals surface area contributed by atoms with Gasteiger partial charge in [0.2, 0.25) is 0 Å². The second-order valence-corrected chi connectivity index (χ2v) is 3.93. The van der Waals surface area contributed by atoms with E-state index in [4.69, 9.17) is 5.11 Å². The molecule has 0 radical (unpaired) electrons. The Balaban J connectivity index is 2.06. The zero-order valence-electron chi connectivity index (χ0n) is 8.76. The van der Waals surface area contributed by atoms with Gasteiger partial charge in [0.05, 0.1) is 0 Å². The number of carbonyl (C=O) groups is 1. The Hall–Kier alpha value is -1.52. The molecule has 0 aromatic carbocycles. The van der Waals surface area contributed by atoms with Crippen LogP contribution in [-0.4, -0.2) is 38.2 Å². The minimum Gasteiger partial charge on any atom is -0.465 e. The van der Waals surface area contributed by atoms with E-state index in [-0.39, 0.29) is 6.04 Å². The highest BCUT2D eigenvalue weighted by atomic mass is 16.4. The van der Waals surface area contributed by atoms with Crippen LogP contribution in [0.4, 0.5) is 4.79 Å². The van der Waals surface area contributed by atoms with E-state index < -0.39 is 6.09 Å². The zero-order chi connectivity index (χ0) is 10.8. The van der Waals surface area contributed by atoms with Gasteiger partial charge in [0.1, 0.15) is 5.82 Å². The molecule has 1 N–H and O–H groups in total. The topological polar surface area (TPSA) is 58.4 Å². The molecule has 1 amide bonds. The molecular weight excluding hydrogens is 194 g/mol. The first-order valence-corrected chi connectivity index (χ1v) is 5.14. The lowest BCUT2D eigenvalue weighted by Gasteiger charge is -2.20. The molecule has 1 saturated heterocycles. The summed E-state index contributed by atoms with van der Waals surface area (Å²) >= 11 is 0. The quantitative estimate of drug-likeness (QED) is 0.793. The number of imidazole rings is 1. The predicted molar refractivity (Wildman–Crippen MR) is 54.7 cm³/mol. The maximum atomic E-state index is 10.9. The van der Waals surface area contributed by atoms with Crippen LogP contribution in [0.3, 0.4) is 0 Å². The van der Waals surface area contributed by atoms with Crippen LogP contribution < -0.4 is 0 Å². The molecule has 1 aliphatic rings. The van der Waals surface area contributed by atoms with Crippen LogP contribution in [0.1, 0.15) is 18.7 Å². The summed E-state index contributed by atoms with van der Waals surface area (Å²) in [4.78, 5) is 16.7. The Kier molecular flexibility index (Phi) is 2.62. The summed E-state index contributed by atoms with van der Waals surface area (Å²) < 4.78 is 1.94. The van der Waals surface area contributed by atoms with Crippen molar-refractivity contribution in [1.82, 2.24) is 14.5 Å². The van der Waals surface area contributed by atoms with Crippen LogP contribution in [0, 0.1) is 0 Å². The molecule has 2 heterocycles. The third-order valence-corrected chi connectivity index (χ3v) is 2.96. The largest absolute Gasteiger partial charge is 0.465 e. The maximum absolute atomic E-state index is 10.9. The van der Waals surface area contributed by atoms with Crippen molar-refractivity contribution in [2.75, 3.05) is 6.54 Å². The minimum atomic E-state index is -0.813. The number of hydrogen-bond donors (Lipinski definition) is 1. The average Bonchev–Trinajstić information content (AvgIpc) is 2.77. The molecule has 1 aromatic heterocycles. The smallest absolute Gasteiger partial charge is 0.407 e. The van der Waals surface area contributed by atoms with Crippen LogP contribution in [0.15, 0.2) is 12.4 Å². The Morgan fingerprint density at radius 2 is 2.53 bits per heavy atom. The normalized spacial score (nSPS) is 20.9. The molecule has 15 heavy (non-hydrogen) atoms. The fourth-order valence-corrected chi connectivity index (χ4v) is 2.10. The number of aryl methyl sites for hydroxylation is 1. The summed E-state index contributed by atoms with van der Waals surface area (Å²) in [6.45, 7) is 0.657. The van der Waals surface area contributed by atoms with Crippen LogP contribution in [0.25, 0.3) is 0 Å². The van der Waals surface area contributed by atoms with Gasteiger partial charge in [-0.3, -0.25) is 0 Å².